The normalized spacial score (nSPS) is 9.95. The Bertz CT molecular complexity index is 585. The van der Waals surface area contributed by atoms with Crippen molar-refractivity contribution in [1.29, 1.82) is 0 Å². The number of hydrogen-bond donors (Lipinski definition) is 1. The Hall–Kier alpha value is -1.43. The lowest BCUT2D eigenvalue weighted by molar-refractivity contribution is 0.0779. The molecule has 0 unspecified atom stereocenters. The summed E-state index contributed by atoms with van der Waals surface area (Å²) in [4.78, 5) is 18.1. The minimum absolute atomic E-state index is 0. The molecule has 0 spiro atoms. The van der Waals surface area contributed by atoms with Crippen LogP contribution in [0, 0.1) is 6.92 Å². The van der Waals surface area contributed by atoms with Gasteiger partial charge in [0.25, 0.3) is 5.91 Å². The minimum atomic E-state index is -0.0702. The molecule has 0 bridgehead atoms. The van der Waals surface area contributed by atoms with Gasteiger partial charge in [0.05, 0.1) is 0 Å². The van der Waals surface area contributed by atoms with Gasteiger partial charge in [0.15, 0.2) is 0 Å². The third-order valence-corrected chi connectivity index (χ3v) is 3.83. The molecule has 0 saturated heterocycles. The summed E-state index contributed by atoms with van der Waals surface area (Å²) in [5.41, 5.74) is 8.31. The van der Waals surface area contributed by atoms with Crippen LogP contribution >= 0.6 is 23.7 Å². The third-order valence-electron chi connectivity index (χ3n) is 2.96. The average Bonchev–Trinajstić information content (AvgIpc) is 2.89. The number of aryl methyl sites for hydroxylation is 1. The van der Waals surface area contributed by atoms with Gasteiger partial charge in [0, 0.05) is 25.5 Å². The number of rotatable bonds is 4. The Balaban J connectivity index is 0.00000200. The van der Waals surface area contributed by atoms with E-state index in [0.717, 1.165) is 10.6 Å². The Morgan fingerprint density at radius 3 is 2.70 bits per heavy atom. The second-order valence-electron chi connectivity index (χ2n) is 4.42. The van der Waals surface area contributed by atoms with Crippen LogP contribution in [0.25, 0.3) is 0 Å². The first kappa shape index (κ1) is 16.6. The van der Waals surface area contributed by atoms with E-state index in [9.17, 15) is 4.79 Å². The maximum Gasteiger partial charge on any atom is 0.273 e. The lowest BCUT2D eigenvalue weighted by Gasteiger charge is -2.17. The summed E-state index contributed by atoms with van der Waals surface area (Å²) < 4.78 is 0. The lowest BCUT2D eigenvalue weighted by atomic mass is 10.1. The number of carbonyl (C=O) groups is 1. The average molecular weight is 312 g/mol. The summed E-state index contributed by atoms with van der Waals surface area (Å²) in [6.07, 6.45) is 0. The predicted molar refractivity (Wildman–Crippen MR) is 84.2 cm³/mol. The fourth-order valence-electron chi connectivity index (χ4n) is 1.81. The topological polar surface area (TPSA) is 59.2 Å². The van der Waals surface area contributed by atoms with Crippen molar-refractivity contribution in [3.63, 3.8) is 0 Å². The first-order valence-electron chi connectivity index (χ1n) is 6.06. The van der Waals surface area contributed by atoms with Crippen LogP contribution in [0.4, 0.5) is 0 Å². The fourth-order valence-corrected chi connectivity index (χ4v) is 2.46. The van der Waals surface area contributed by atoms with E-state index in [2.05, 4.69) is 4.98 Å². The van der Waals surface area contributed by atoms with Gasteiger partial charge < -0.3 is 10.6 Å². The first-order valence-corrected chi connectivity index (χ1v) is 6.94. The molecular weight excluding hydrogens is 294 g/mol. The van der Waals surface area contributed by atoms with Crippen LogP contribution < -0.4 is 5.73 Å². The number of nitrogens with zero attached hydrogens (tertiary/aromatic N) is 2. The Kier molecular flexibility index (Phi) is 6.13. The van der Waals surface area contributed by atoms with Crippen molar-refractivity contribution < 1.29 is 4.79 Å². The van der Waals surface area contributed by atoms with Crippen molar-refractivity contribution in [2.45, 2.75) is 20.0 Å². The number of aromatic nitrogens is 1. The van der Waals surface area contributed by atoms with Crippen LogP contribution in [0.3, 0.4) is 0 Å². The van der Waals surface area contributed by atoms with Crippen LogP contribution in [-0.2, 0) is 13.1 Å². The summed E-state index contributed by atoms with van der Waals surface area (Å²) in [5.74, 6) is -0.0702. The van der Waals surface area contributed by atoms with Crippen LogP contribution in [0.5, 0.6) is 0 Å². The second kappa shape index (κ2) is 7.38. The molecule has 1 amide bonds. The maximum atomic E-state index is 12.2. The molecule has 6 heteroatoms. The van der Waals surface area contributed by atoms with E-state index in [0.29, 0.717) is 18.8 Å². The summed E-state index contributed by atoms with van der Waals surface area (Å²) in [6.45, 7) is 3.00. The van der Waals surface area contributed by atoms with Crippen LogP contribution in [-0.4, -0.2) is 22.8 Å². The molecule has 20 heavy (non-hydrogen) atoms. The smallest absolute Gasteiger partial charge is 0.273 e. The van der Waals surface area contributed by atoms with Crippen LogP contribution in [0.15, 0.2) is 29.6 Å². The molecule has 0 aliphatic heterocycles. The fraction of sp³-hybridized carbons (Fsp3) is 0.286. The second-order valence-corrected chi connectivity index (χ2v) is 5.36. The first-order chi connectivity index (χ1) is 9.11. The number of thiazole rings is 1. The molecule has 0 saturated carbocycles. The molecule has 1 aromatic heterocycles. The molecule has 0 fully saturated rings. The zero-order valence-electron chi connectivity index (χ0n) is 11.5. The van der Waals surface area contributed by atoms with Gasteiger partial charge >= 0.3 is 0 Å². The van der Waals surface area contributed by atoms with Gasteiger partial charge in [0.2, 0.25) is 0 Å². The lowest BCUT2D eigenvalue weighted by Crippen LogP contribution is -2.26. The Morgan fingerprint density at radius 2 is 2.10 bits per heavy atom. The number of benzene rings is 1. The van der Waals surface area contributed by atoms with E-state index in [1.54, 1.807) is 17.3 Å². The molecule has 1 heterocycles. The van der Waals surface area contributed by atoms with Gasteiger partial charge in [-0.25, -0.2) is 4.98 Å². The molecule has 1 aromatic carbocycles. The molecule has 0 radical (unpaired) electrons. The number of amides is 1. The van der Waals surface area contributed by atoms with E-state index in [1.807, 2.05) is 31.2 Å². The molecule has 2 aromatic rings. The summed E-state index contributed by atoms with van der Waals surface area (Å²) in [6, 6.07) is 8.05. The molecular formula is C14H18ClN3OS. The van der Waals surface area contributed by atoms with Crippen molar-refractivity contribution in [2.75, 3.05) is 7.05 Å². The van der Waals surface area contributed by atoms with E-state index >= 15 is 0 Å². The van der Waals surface area contributed by atoms with E-state index in [4.69, 9.17) is 5.73 Å². The van der Waals surface area contributed by atoms with Gasteiger partial charge in [-0.1, -0.05) is 24.3 Å². The highest BCUT2D eigenvalue weighted by Crippen LogP contribution is 2.14. The number of nitrogens with two attached hydrogens (primary N) is 1. The summed E-state index contributed by atoms with van der Waals surface area (Å²) >= 11 is 1.42. The molecule has 4 nitrogen and oxygen atoms in total. The van der Waals surface area contributed by atoms with Gasteiger partial charge in [-0.3, -0.25) is 4.79 Å². The molecule has 0 aliphatic rings. The Labute approximate surface area is 129 Å². The highest BCUT2D eigenvalue weighted by molar-refractivity contribution is 7.09. The molecule has 2 rings (SSSR count). The van der Waals surface area contributed by atoms with Crippen molar-refractivity contribution in [3.8, 4) is 0 Å². The molecule has 2 N–H and O–H groups in total. The third kappa shape index (κ3) is 3.79. The monoisotopic (exact) mass is 311 g/mol. The number of carbonyl (C=O) groups excluding carboxylic acids is 1. The van der Waals surface area contributed by atoms with Crippen LogP contribution in [0.2, 0.25) is 0 Å². The van der Waals surface area contributed by atoms with Crippen molar-refractivity contribution in [3.05, 3.63) is 51.5 Å². The molecule has 0 aliphatic carbocycles. The van der Waals surface area contributed by atoms with E-state index in [-0.39, 0.29) is 18.3 Å². The maximum absolute atomic E-state index is 12.2. The Morgan fingerprint density at radius 1 is 1.40 bits per heavy atom. The largest absolute Gasteiger partial charge is 0.336 e. The van der Waals surface area contributed by atoms with E-state index in [1.165, 1.54) is 16.9 Å². The predicted octanol–water partition coefficient (Wildman–Crippen LogP) is 2.60. The van der Waals surface area contributed by atoms with Crippen molar-refractivity contribution in [1.82, 2.24) is 9.88 Å². The van der Waals surface area contributed by atoms with Gasteiger partial charge in [0.1, 0.15) is 10.7 Å². The van der Waals surface area contributed by atoms with Crippen molar-refractivity contribution >= 4 is 29.7 Å². The quantitative estimate of drug-likeness (QED) is 0.944. The highest BCUT2D eigenvalue weighted by Gasteiger charge is 2.15. The number of hydrogen-bond acceptors (Lipinski definition) is 4. The van der Waals surface area contributed by atoms with E-state index < -0.39 is 0 Å². The zero-order valence-corrected chi connectivity index (χ0v) is 13.1. The molecule has 0 atom stereocenters. The van der Waals surface area contributed by atoms with Gasteiger partial charge in [-0.05, 0) is 18.1 Å². The zero-order chi connectivity index (χ0) is 13.8. The standard InChI is InChI=1S/C14H17N3OS.ClH/c1-10-5-3-4-6-11(10)8-17(2)14(18)12-9-19-13(7-15)16-12;/h3-6,9H,7-8,15H2,1-2H3;1H. The van der Waals surface area contributed by atoms with Crippen LogP contribution in [0.1, 0.15) is 26.6 Å². The highest BCUT2D eigenvalue weighted by atomic mass is 35.5. The van der Waals surface area contributed by atoms with Gasteiger partial charge in [-0.15, -0.1) is 23.7 Å². The van der Waals surface area contributed by atoms with Gasteiger partial charge in [-0.2, -0.15) is 0 Å². The summed E-state index contributed by atoms with van der Waals surface area (Å²) in [5, 5.41) is 2.55. The SMILES string of the molecule is Cc1ccccc1CN(C)C(=O)c1csc(CN)n1.Cl. The van der Waals surface area contributed by atoms with Crippen molar-refractivity contribution in [2.24, 2.45) is 5.73 Å². The minimum Gasteiger partial charge on any atom is -0.336 e. The summed E-state index contributed by atoms with van der Waals surface area (Å²) in [7, 11) is 1.79. The number of halogens is 1. The molecule has 108 valence electrons.